The third kappa shape index (κ3) is 4.22. The first-order valence-corrected chi connectivity index (χ1v) is 8.29. The second-order valence-corrected chi connectivity index (χ2v) is 6.24. The van der Waals surface area contributed by atoms with Crippen molar-refractivity contribution in [2.45, 2.75) is 26.4 Å². The van der Waals surface area contributed by atoms with Crippen molar-refractivity contribution in [3.05, 3.63) is 64.7 Å². The van der Waals surface area contributed by atoms with Crippen molar-refractivity contribution in [3.63, 3.8) is 0 Å². The predicted molar refractivity (Wildman–Crippen MR) is 96.0 cm³/mol. The van der Waals surface area contributed by atoms with Crippen LogP contribution >= 0.6 is 11.6 Å². The van der Waals surface area contributed by atoms with Crippen LogP contribution in [0.5, 0.6) is 0 Å². The molecular weight excluding hydrogens is 338 g/mol. The molecule has 6 nitrogen and oxygen atoms in total. The van der Waals surface area contributed by atoms with Gasteiger partial charge in [-0.25, -0.2) is 0 Å². The molecule has 7 heteroatoms. The van der Waals surface area contributed by atoms with E-state index in [1.165, 1.54) is 4.80 Å². The highest BCUT2D eigenvalue weighted by atomic mass is 35.5. The van der Waals surface area contributed by atoms with Crippen LogP contribution < -0.4 is 5.32 Å². The second-order valence-electron chi connectivity index (χ2n) is 5.80. The molecule has 0 unspecified atom stereocenters. The topological polar surface area (TPSA) is 72.7 Å². The normalized spacial score (nSPS) is 12.0. The van der Waals surface area contributed by atoms with Crippen molar-refractivity contribution < 1.29 is 4.79 Å². The van der Waals surface area contributed by atoms with Gasteiger partial charge in [-0.05, 0) is 42.3 Å². The van der Waals surface area contributed by atoms with Gasteiger partial charge in [-0.2, -0.15) is 4.80 Å². The van der Waals surface area contributed by atoms with E-state index in [1.54, 1.807) is 12.1 Å². The highest BCUT2D eigenvalue weighted by Gasteiger charge is 2.13. The van der Waals surface area contributed by atoms with E-state index in [0.717, 1.165) is 16.7 Å². The summed E-state index contributed by atoms with van der Waals surface area (Å²) in [5, 5.41) is 15.9. The van der Waals surface area contributed by atoms with E-state index in [4.69, 9.17) is 11.6 Å². The fourth-order valence-corrected chi connectivity index (χ4v) is 2.62. The minimum atomic E-state index is -0.184. The van der Waals surface area contributed by atoms with Gasteiger partial charge in [-0.1, -0.05) is 48.0 Å². The van der Waals surface area contributed by atoms with E-state index >= 15 is 0 Å². The van der Waals surface area contributed by atoms with Gasteiger partial charge in [0.25, 0.3) is 0 Å². The maximum absolute atomic E-state index is 12.2. The molecule has 25 heavy (non-hydrogen) atoms. The lowest BCUT2D eigenvalue weighted by Crippen LogP contribution is -2.30. The number of aryl methyl sites for hydroxylation is 1. The highest BCUT2D eigenvalue weighted by molar-refractivity contribution is 6.30. The Kier molecular flexibility index (Phi) is 5.09. The number of nitrogens with zero attached hydrogens (tertiary/aromatic N) is 4. The molecule has 0 radical (unpaired) electrons. The fourth-order valence-electron chi connectivity index (χ4n) is 2.49. The zero-order valence-corrected chi connectivity index (χ0v) is 14.7. The van der Waals surface area contributed by atoms with Crippen LogP contribution in [0.4, 0.5) is 0 Å². The van der Waals surface area contributed by atoms with E-state index in [0.29, 0.717) is 10.8 Å². The van der Waals surface area contributed by atoms with Crippen LogP contribution in [0.2, 0.25) is 5.02 Å². The lowest BCUT2D eigenvalue weighted by molar-refractivity contribution is -0.122. The van der Waals surface area contributed by atoms with Crippen LogP contribution in [0.15, 0.2) is 48.5 Å². The maximum atomic E-state index is 12.2. The van der Waals surface area contributed by atoms with Gasteiger partial charge in [0, 0.05) is 10.6 Å². The minimum absolute atomic E-state index is 0.0107. The number of benzene rings is 2. The number of aromatic nitrogens is 4. The molecule has 0 saturated heterocycles. The van der Waals surface area contributed by atoms with Crippen LogP contribution in [0, 0.1) is 6.92 Å². The Labute approximate surface area is 150 Å². The molecular formula is C18H18ClN5O. The van der Waals surface area contributed by atoms with Gasteiger partial charge in [0.1, 0.15) is 6.54 Å². The quantitative estimate of drug-likeness (QED) is 0.763. The summed E-state index contributed by atoms with van der Waals surface area (Å²) >= 11 is 5.88. The maximum Gasteiger partial charge on any atom is 0.244 e. The largest absolute Gasteiger partial charge is 0.348 e. The molecule has 128 valence electrons. The Bertz CT molecular complexity index is 875. The summed E-state index contributed by atoms with van der Waals surface area (Å²) in [4.78, 5) is 13.5. The van der Waals surface area contributed by atoms with Gasteiger partial charge in [-0.15, -0.1) is 10.2 Å². The first-order chi connectivity index (χ1) is 12.0. The molecule has 3 rings (SSSR count). The lowest BCUT2D eigenvalue weighted by Gasteiger charge is -2.14. The molecule has 3 aromatic rings. The first kappa shape index (κ1) is 17.1. The Balaban J connectivity index is 1.64. The lowest BCUT2D eigenvalue weighted by atomic mass is 10.1. The first-order valence-electron chi connectivity index (χ1n) is 7.91. The number of halogens is 1. The van der Waals surface area contributed by atoms with Gasteiger partial charge in [0.2, 0.25) is 11.7 Å². The van der Waals surface area contributed by atoms with Crippen molar-refractivity contribution >= 4 is 17.5 Å². The Morgan fingerprint density at radius 3 is 2.64 bits per heavy atom. The number of carbonyl (C=O) groups excluding carboxylic acids is 1. The summed E-state index contributed by atoms with van der Waals surface area (Å²) in [5.74, 6) is 0.327. The molecule has 0 saturated carbocycles. The van der Waals surface area contributed by atoms with E-state index in [1.807, 2.05) is 50.2 Å². The molecule has 2 aromatic carbocycles. The molecule has 0 aliphatic rings. The average molecular weight is 356 g/mol. The highest BCUT2D eigenvalue weighted by Crippen LogP contribution is 2.18. The molecule has 1 N–H and O–H groups in total. The van der Waals surface area contributed by atoms with Gasteiger partial charge in [0.05, 0.1) is 6.04 Å². The van der Waals surface area contributed by atoms with E-state index in [9.17, 15) is 4.79 Å². The zero-order valence-electron chi connectivity index (χ0n) is 14.0. The molecule has 1 heterocycles. The van der Waals surface area contributed by atoms with Crippen LogP contribution in [0.25, 0.3) is 11.4 Å². The molecule has 1 atom stereocenters. The SMILES string of the molecule is Cc1ccccc1-c1nnn(CC(=O)N[C@@H](C)c2ccc(Cl)cc2)n1. The second kappa shape index (κ2) is 7.44. The number of nitrogens with one attached hydrogen (secondary N) is 1. The number of hydrogen-bond acceptors (Lipinski definition) is 4. The molecule has 0 aliphatic heterocycles. The number of carbonyl (C=O) groups is 1. The molecule has 1 amide bonds. The molecule has 0 bridgehead atoms. The molecule has 0 fully saturated rings. The minimum Gasteiger partial charge on any atom is -0.348 e. The zero-order chi connectivity index (χ0) is 17.8. The number of hydrogen-bond donors (Lipinski definition) is 1. The smallest absolute Gasteiger partial charge is 0.244 e. The van der Waals surface area contributed by atoms with Crippen molar-refractivity contribution in [2.75, 3.05) is 0 Å². The van der Waals surface area contributed by atoms with Gasteiger partial charge in [-0.3, -0.25) is 4.79 Å². The fraction of sp³-hybridized carbons (Fsp3) is 0.222. The molecule has 1 aromatic heterocycles. The van der Waals surface area contributed by atoms with Crippen LogP contribution in [0.1, 0.15) is 24.1 Å². The summed E-state index contributed by atoms with van der Waals surface area (Å²) in [6.45, 7) is 3.90. The van der Waals surface area contributed by atoms with Crippen molar-refractivity contribution in [1.82, 2.24) is 25.5 Å². The van der Waals surface area contributed by atoms with Crippen LogP contribution in [-0.4, -0.2) is 26.1 Å². The van der Waals surface area contributed by atoms with Crippen LogP contribution in [0.3, 0.4) is 0 Å². The summed E-state index contributed by atoms with van der Waals surface area (Å²) < 4.78 is 0. The monoisotopic (exact) mass is 355 g/mol. The number of tetrazole rings is 1. The third-order valence-electron chi connectivity index (χ3n) is 3.87. The Morgan fingerprint density at radius 1 is 1.20 bits per heavy atom. The van der Waals surface area contributed by atoms with Gasteiger partial charge >= 0.3 is 0 Å². The predicted octanol–water partition coefficient (Wildman–Crippen LogP) is 3.18. The van der Waals surface area contributed by atoms with Gasteiger partial charge < -0.3 is 5.32 Å². The summed E-state index contributed by atoms with van der Waals surface area (Å²) in [6.07, 6.45) is 0. The standard InChI is InChI=1S/C18H18ClN5O/c1-12-5-3-4-6-16(12)18-21-23-24(22-18)11-17(25)20-13(2)14-7-9-15(19)10-8-14/h3-10,13H,11H2,1-2H3,(H,20,25)/t13-/m0/s1. The number of rotatable bonds is 5. The van der Waals surface area contributed by atoms with Gasteiger partial charge in [0.15, 0.2) is 0 Å². The average Bonchev–Trinajstić information content (AvgIpc) is 3.03. The third-order valence-corrected chi connectivity index (χ3v) is 4.12. The van der Waals surface area contributed by atoms with Crippen molar-refractivity contribution in [3.8, 4) is 11.4 Å². The Hall–Kier alpha value is -2.73. The van der Waals surface area contributed by atoms with E-state index in [-0.39, 0.29) is 18.5 Å². The summed E-state index contributed by atoms with van der Waals surface area (Å²) in [7, 11) is 0. The van der Waals surface area contributed by atoms with Crippen molar-refractivity contribution in [1.29, 1.82) is 0 Å². The number of amides is 1. The van der Waals surface area contributed by atoms with E-state index in [2.05, 4.69) is 20.7 Å². The summed E-state index contributed by atoms with van der Waals surface area (Å²) in [5.41, 5.74) is 2.94. The summed E-state index contributed by atoms with van der Waals surface area (Å²) in [6, 6.07) is 15.0. The van der Waals surface area contributed by atoms with E-state index < -0.39 is 0 Å². The van der Waals surface area contributed by atoms with Crippen molar-refractivity contribution in [2.24, 2.45) is 0 Å². The van der Waals surface area contributed by atoms with Crippen LogP contribution in [-0.2, 0) is 11.3 Å². The molecule has 0 aliphatic carbocycles. The Morgan fingerprint density at radius 2 is 1.92 bits per heavy atom. The molecule has 0 spiro atoms.